The Balaban J connectivity index is 1.82. The van der Waals surface area contributed by atoms with Crippen LogP contribution in [0.25, 0.3) is 0 Å². The third kappa shape index (κ3) is 7.43. The van der Waals surface area contributed by atoms with Crippen LogP contribution in [0.4, 0.5) is 24.5 Å². The van der Waals surface area contributed by atoms with Gasteiger partial charge in [0.25, 0.3) is 5.69 Å². The molecule has 0 heterocycles. The van der Waals surface area contributed by atoms with Gasteiger partial charge in [0.15, 0.2) is 0 Å². The van der Waals surface area contributed by atoms with E-state index in [0.717, 1.165) is 11.6 Å². The predicted molar refractivity (Wildman–Crippen MR) is 115 cm³/mol. The maximum atomic E-state index is 12.7. The van der Waals surface area contributed by atoms with E-state index in [-0.39, 0.29) is 36.6 Å². The Kier molecular flexibility index (Phi) is 8.39. The molecular weight excluding hydrogens is 465 g/mol. The van der Waals surface area contributed by atoms with Crippen molar-refractivity contribution in [2.24, 2.45) is 0 Å². The van der Waals surface area contributed by atoms with Crippen LogP contribution in [-0.4, -0.2) is 38.9 Å². The van der Waals surface area contributed by atoms with E-state index in [1.54, 1.807) is 32.0 Å². The molecule has 33 heavy (non-hydrogen) atoms. The molecule has 0 saturated heterocycles. The predicted octanol–water partition coefficient (Wildman–Crippen LogP) is 3.13. The lowest BCUT2D eigenvalue weighted by molar-refractivity contribution is -0.384. The van der Waals surface area contributed by atoms with Crippen molar-refractivity contribution < 1.29 is 31.3 Å². The highest BCUT2D eigenvalue weighted by atomic mass is 32.2. The molecule has 2 rings (SSSR count). The number of nitrogens with zero attached hydrogens (tertiary/aromatic N) is 1. The number of hydrogen-bond donors (Lipinski definition) is 3. The number of alkyl halides is 3. The molecule has 180 valence electrons. The average molecular weight is 488 g/mol. The minimum absolute atomic E-state index is 0.00333. The number of nitro groups is 1. The second-order valence-electron chi connectivity index (χ2n) is 7.18. The van der Waals surface area contributed by atoms with Crippen molar-refractivity contribution in [3.05, 3.63) is 63.2 Å². The Morgan fingerprint density at radius 2 is 1.76 bits per heavy atom. The molecule has 0 aliphatic rings. The summed E-state index contributed by atoms with van der Waals surface area (Å²) in [5.41, 5.74) is -0.690. The molecule has 0 aromatic heterocycles. The molecule has 0 aliphatic carbocycles. The van der Waals surface area contributed by atoms with Crippen LogP contribution >= 0.6 is 0 Å². The third-order valence-electron chi connectivity index (χ3n) is 4.56. The normalized spacial score (nSPS) is 11.8. The summed E-state index contributed by atoms with van der Waals surface area (Å²) < 4.78 is 65.4. The van der Waals surface area contributed by atoms with Crippen molar-refractivity contribution in [2.75, 3.05) is 25.0 Å². The molecule has 0 spiro atoms. The molecule has 9 nitrogen and oxygen atoms in total. The van der Waals surface area contributed by atoms with Crippen LogP contribution in [0, 0.1) is 24.0 Å². The number of rotatable bonds is 10. The van der Waals surface area contributed by atoms with Crippen molar-refractivity contribution in [2.45, 2.75) is 31.3 Å². The summed E-state index contributed by atoms with van der Waals surface area (Å²) in [4.78, 5) is 22.2. The minimum Gasteiger partial charge on any atom is -0.379 e. The van der Waals surface area contributed by atoms with Crippen molar-refractivity contribution >= 4 is 27.3 Å². The summed E-state index contributed by atoms with van der Waals surface area (Å²) in [6, 6.07) is 7.09. The van der Waals surface area contributed by atoms with Gasteiger partial charge in [-0.15, -0.1) is 0 Å². The highest BCUT2D eigenvalue weighted by Gasteiger charge is 2.33. The van der Waals surface area contributed by atoms with E-state index in [1.165, 1.54) is 0 Å². The van der Waals surface area contributed by atoms with E-state index in [0.29, 0.717) is 17.7 Å². The zero-order chi connectivity index (χ0) is 24.8. The maximum absolute atomic E-state index is 12.7. The average Bonchev–Trinajstić information content (AvgIpc) is 2.72. The fraction of sp³-hybridized carbons (Fsp3) is 0.350. The molecule has 1 amide bonds. The van der Waals surface area contributed by atoms with E-state index in [1.807, 2.05) is 0 Å². The van der Waals surface area contributed by atoms with E-state index < -0.39 is 38.3 Å². The van der Waals surface area contributed by atoms with Crippen LogP contribution in [0.1, 0.15) is 23.1 Å². The van der Waals surface area contributed by atoms with E-state index >= 15 is 0 Å². The smallest absolute Gasteiger partial charge is 0.379 e. The molecular formula is C20H23F3N4O5S. The van der Waals surface area contributed by atoms with Crippen LogP contribution in [0.3, 0.4) is 0 Å². The monoisotopic (exact) mass is 488 g/mol. The number of hydrogen-bond acceptors (Lipinski definition) is 6. The van der Waals surface area contributed by atoms with Gasteiger partial charge in [-0.05, 0) is 43.2 Å². The lowest BCUT2D eigenvalue weighted by Gasteiger charge is -2.12. The number of benzene rings is 2. The summed E-state index contributed by atoms with van der Waals surface area (Å²) >= 11 is 0. The van der Waals surface area contributed by atoms with Gasteiger partial charge in [0.2, 0.25) is 15.9 Å². The number of amides is 1. The second-order valence-corrected chi connectivity index (χ2v) is 8.92. The van der Waals surface area contributed by atoms with Crippen molar-refractivity contribution in [3.8, 4) is 0 Å². The van der Waals surface area contributed by atoms with Crippen LogP contribution in [0.15, 0.2) is 41.3 Å². The topological polar surface area (TPSA) is 130 Å². The Bertz CT molecular complexity index is 1140. The van der Waals surface area contributed by atoms with Gasteiger partial charge in [-0.25, -0.2) is 13.1 Å². The minimum atomic E-state index is -4.72. The Morgan fingerprint density at radius 3 is 2.39 bits per heavy atom. The van der Waals surface area contributed by atoms with Gasteiger partial charge in [-0.2, -0.15) is 13.2 Å². The summed E-state index contributed by atoms with van der Waals surface area (Å²) in [5.74, 6) is -0.469. The molecule has 2 aromatic carbocycles. The second kappa shape index (κ2) is 10.6. The highest BCUT2D eigenvalue weighted by molar-refractivity contribution is 7.89. The van der Waals surface area contributed by atoms with Gasteiger partial charge in [-0.1, -0.05) is 12.1 Å². The summed E-state index contributed by atoms with van der Waals surface area (Å²) in [7, 11) is -3.75. The Labute approximate surface area is 188 Å². The van der Waals surface area contributed by atoms with Gasteiger partial charge in [0.1, 0.15) is 5.69 Å². The van der Waals surface area contributed by atoms with Crippen LogP contribution in [0.5, 0.6) is 0 Å². The van der Waals surface area contributed by atoms with Crippen molar-refractivity contribution in [1.82, 2.24) is 10.0 Å². The van der Waals surface area contributed by atoms with Crippen molar-refractivity contribution in [1.29, 1.82) is 0 Å². The largest absolute Gasteiger partial charge is 0.416 e. The summed E-state index contributed by atoms with van der Waals surface area (Å²) in [6.45, 7) is 3.31. The highest BCUT2D eigenvalue weighted by Crippen LogP contribution is 2.34. The maximum Gasteiger partial charge on any atom is 0.416 e. The first-order valence-electron chi connectivity index (χ1n) is 9.74. The summed E-state index contributed by atoms with van der Waals surface area (Å²) in [5, 5.41) is 16.1. The standard InChI is InChI=1S/C20H23F3N4O5S/c1-13-3-4-14(2)18(11-13)33(31,32)26-10-9-25-19(28)7-8-24-16-6-5-15(20(21,22)23)12-17(16)27(29)30/h3-6,11-12,24,26H,7-10H2,1-2H3,(H,25,28). The third-order valence-corrected chi connectivity index (χ3v) is 6.16. The fourth-order valence-electron chi connectivity index (χ4n) is 2.87. The number of carbonyl (C=O) groups is 1. The van der Waals surface area contributed by atoms with E-state index in [4.69, 9.17) is 0 Å². The van der Waals surface area contributed by atoms with E-state index in [2.05, 4.69) is 15.4 Å². The fourth-order valence-corrected chi connectivity index (χ4v) is 4.23. The number of nitro benzene ring substituents is 1. The molecule has 0 saturated carbocycles. The van der Waals surface area contributed by atoms with Crippen molar-refractivity contribution in [3.63, 3.8) is 0 Å². The van der Waals surface area contributed by atoms with Gasteiger partial charge in [-0.3, -0.25) is 14.9 Å². The molecule has 0 radical (unpaired) electrons. The van der Waals surface area contributed by atoms with Crippen LogP contribution in [0.2, 0.25) is 0 Å². The van der Waals surface area contributed by atoms with Gasteiger partial charge >= 0.3 is 6.18 Å². The lowest BCUT2D eigenvalue weighted by atomic mass is 10.1. The first-order chi connectivity index (χ1) is 15.3. The molecule has 0 unspecified atom stereocenters. The number of anilines is 1. The first kappa shape index (κ1) is 26.1. The van der Waals surface area contributed by atoms with E-state index in [9.17, 15) is 36.5 Å². The molecule has 0 aliphatic heterocycles. The van der Waals surface area contributed by atoms with Gasteiger partial charge in [0.05, 0.1) is 15.4 Å². The van der Waals surface area contributed by atoms with Crippen LogP contribution < -0.4 is 15.4 Å². The number of sulfonamides is 1. The summed E-state index contributed by atoms with van der Waals surface area (Å²) in [6.07, 6.45) is -4.86. The van der Waals surface area contributed by atoms with Gasteiger partial charge < -0.3 is 10.6 Å². The van der Waals surface area contributed by atoms with Crippen LogP contribution in [-0.2, 0) is 21.0 Å². The molecule has 3 N–H and O–H groups in total. The number of nitrogens with one attached hydrogen (secondary N) is 3. The zero-order valence-electron chi connectivity index (χ0n) is 17.8. The quantitative estimate of drug-likeness (QED) is 0.268. The molecule has 0 fully saturated rings. The molecule has 2 aromatic rings. The Hall–Kier alpha value is -3.19. The number of aryl methyl sites for hydroxylation is 2. The zero-order valence-corrected chi connectivity index (χ0v) is 18.6. The SMILES string of the molecule is Cc1ccc(C)c(S(=O)(=O)NCCNC(=O)CCNc2ccc(C(F)(F)F)cc2[N+](=O)[O-])c1. The number of halogens is 3. The van der Waals surface area contributed by atoms with Gasteiger partial charge in [0, 0.05) is 32.1 Å². The first-order valence-corrected chi connectivity index (χ1v) is 11.2. The molecule has 13 heteroatoms. The lowest BCUT2D eigenvalue weighted by Crippen LogP contribution is -2.35. The number of carbonyl (C=O) groups excluding carboxylic acids is 1. The molecule has 0 atom stereocenters. The molecule has 0 bridgehead atoms. The Morgan fingerprint density at radius 1 is 1.06 bits per heavy atom.